The molecule has 2 aliphatic rings. The maximum atomic E-state index is 11.5. The van der Waals surface area contributed by atoms with Crippen LogP contribution in [0.15, 0.2) is 0 Å². The number of hydrogen-bond acceptors (Lipinski definition) is 3. The van der Waals surface area contributed by atoms with Crippen LogP contribution < -0.4 is 10.6 Å². The van der Waals surface area contributed by atoms with Gasteiger partial charge in [-0.1, -0.05) is 0 Å². The molecular formula is C7H12ClF5N2O. The maximum Gasteiger partial charge on any atom is 0.522 e. The summed E-state index contributed by atoms with van der Waals surface area (Å²) in [6.07, 6.45) is -5.13. The van der Waals surface area contributed by atoms with Gasteiger partial charge in [-0.15, -0.1) is 25.6 Å². The van der Waals surface area contributed by atoms with Crippen molar-refractivity contribution in [1.29, 1.82) is 0 Å². The average Bonchev–Trinajstić information content (AvgIpc) is 1.94. The van der Waals surface area contributed by atoms with E-state index in [1.807, 2.05) is 0 Å². The van der Waals surface area contributed by atoms with Crippen LogP contribution in [0.4, 0.5) is 22.0 Å². The number of hydrogen-bond donors (Lipinski definition) is 2. The smallest absolute Gasteiger partial charge is 0.311 e. The van der Waals surface area contributed by atoms with Crippen molar-refractivity contribution in [2.75, 3.05) is 26.2 Å². The Balaban J connectivity index is 0.000000283. The molecule has 0 aromatic carbocycles. The van der Waals surface area contributed by atoms with Crippen LogP contribution >= 0.6 is 12.4 Å². The van der Waals surface area contributed by atoms with Crippen molar-refractivity contribution < 1.29 is 26.7 Å². The van der Waals surface area contributed by atoms with Crippen LogP contribution in [-0.2, 0) is 4.74 Å². The molecule has 0 aromatic rings. The van der Waals surface area contributed by atoms with Gasteiger partial charge in [0.25, 0.3) is 5.92 Å². The van der Waals surface area contributed by atoms with Gasteiger partial charge >= 0.3 is 6.36 Å². The van der Waals surface area contributed by atoms with Gasteiger partial charge in [-0.3, -0.25) is 4.74 Å². The van der Waals surface area contributed by atoms with Gasteiger partial charge in [0, 0.05) is 13.1 Å². The zero-order valence-electron chi connectivity index (χ0n) is 8.11. The summed E-state index contributed by atoms with van der Waals surface area (Å²) in [5, 5.41) is 5.11. The van der Waals surface area contributed by atoms with Crippen molar-refractivity contribution in [2.45, 2.75) is 18.4 Å². The van der Waals surface area contributed by atoms with Crippen molar-refractivity contribution in [3.8, 4) is 0 Å². The molecule has 9 heteroatoms. The third kappa shape index (κ3) is 6.41. The molecule has 0 aliphatic carbocycles. The van der Waals surface area contributed by atoms with Crippen LogP contribution in [0.5, 0.6) is 0 Å². The Hall–Kier alpha value is -0.180. The predicted octanol–water partition coefficient (Wildman–Crippen LogP) is 1.14. The Kier molecular flexibility index (Phi) is 5.88. The molecule has 16 heavy (non-hydrogen) atoms. The summed E-state index contributed by atoms with van der Waals surface area (Å²) in [7, 11) is 0. The van der Waals surface area contributed by atoms with Gasteiger partial charge in [0.05, 0.1) is 19.2 Å². The van der Waals surface area contributed by atoms with E-state index in [4.69, 9.17) is 0 Å². The molecule has 0 saturated carbocycles. The maximum absolute atomic E-state index is 11.5. The first kappa shape index (κ1) is 15.8. The Morgan fingerprint density at radius 2 is 1.50 bits per heavy atom. The molecule has 0 amide bonds. The summed E-state index contributed by atoms with van der Waals surface area (Å²) in [4.78, 5) is 0. The first-order valence-corrected chi connectivity index (χ1v) is 4.32. The van der Waals surface area contributed by atoms with E-state index in [1.54, 1.807) is 0 Å². The summed E-state index contributed by atoms with van der Waals surface area (Å²) in [5.41, 5.74) is 0. The minimum atomic E-state index is -4.47. The molecule has 2 aliphatic heterocycles. The number of nitrogens with one attached hydrogen (secondary N) is 2. The molecule has 2 heterocycles. The van der Waals surface area contributed by atoms with Crippen molar-refractivity contribution in [3.63, 3.8) is 0 Å². The van der Waals surface area contributed by atoms with Crippen LogP contribution in [0.1, 0.15) is 0 Å². The van der Waals surface area contributed by atoms with Crippen molar-refractivity contribution in [2.24, 2.45) is 0 Å². The van der Waals surface area contributed by atoms with E-state index in [9.17, 15) is 22.0 Å². The predicted molar refractivity (Wildman–Crippen MR) is 48.9 cm³/mol. The van der Waals surface area contributed by atoms with E-state index in [1.165, 1.54) is 0 Å². The molecule has 0 radical (unpaired) electrons. The number of rotatable bonds is 1. The van der Waals surface area contributed by atoms with Crippen molar-refractivity contribution in [3.05, 3.63) is 0 Å². The van der Waals surface area contributed by atoms with Crippen LogP contribution in [0, 0.1) is 0 Å². The van der Waals surface area contributed by atoms with E-state index >= 15 is 0 Å². The molecule has 2 fully saturated rings. The van der Waals surface area contributed by atoms with Gasteiger partial charge in [0.2, 0.25) is 0 Å². The summed E-state index contributed by atoms with van der Waals surface area (Å²) in [6.45, 7) is 0.346. The first-order chi connectivity index (χ1) is 6.79. The molecule has 2 saturated heterocycles. The highest BCUT2D eigenvalue weighted by Gasteiger charge is 2.36. The zero-order valence-corrected chi connectivity index (χ0v) is 8.93. The van der Waals surface area contributed by atoms with Gasteiger partial charge < -0.3 is 10.6 Å². The average molecular weight is 271 g/mol. The van der Waals surface area contributed by atoms with Gasteiger partial charge in [-0.25, -0.2) is 8.78 Å². The lowest BCUT2D eigenvalue weighted by molar-refractivity contribution is -0.346. The number of halogens is 6. The molecule has 2 rings (SSSR count). The molecular weight excluding hydrogens is 259 g/mol. The fourth-order valence-corrected chi connectivity index (χ4v) is 0.848. The van der Waals surface area contributed by atoms with Gasteiger partial charge in [-0.05, 0) is 0 Å². The fourth-order valence-electron chi connectivity index (χ4n) is 0.848. The molecule has 0 unspecified atom stereocenters. The lowest BCUT2D eigenvalue weighted by Gasteiger charge is -2.27. The summed E-state index contributed by atoms with van der Waals surface area (Å²) in [5.74, 6) is -2.39. The highest BCUT2D eigenvalue weighted by molar-refractivity contribution is 5.85. The molecule has 98 valence electrons. The second-order valence-corrected chi connectivity index (χ2v) is 3.30. The number of ether oxygens (including phenoxy) is 1. The SMILES string of the molecule is Cl.FC(F)(F)OC1CNC1.FC1(F)CNC1. The van der Waals surface area contributed by atoms with E-state index in [-0.39, 0.29) is 25.5 Å². The van der Waals surface area contributed by atoms with E-state index in [0.717, 1.165) is 0 Å². The fraction of sp³-hybridized carbons (Fsp3) is 1.00. The van der Waals surface area contributed by atoms with E-state index in [2.05, 4.69) is 15.4 Å². The topological polar surface area (TPSA) is 33.3 Å². The van der Waals surface area contributed by atoms with Crippen LogP contribution in [0.3, 0.4) is 0 Å². The Bertz CT molecular complexity index is 203. The second kappa shape index (κ2) is 5.95. The normalized spacial score (nSPS) is 23.1. The number of alkyl halides is 5. The summed E-state index contributed by atoms with van der Waals surface area (Å²) < 4.78 is 60.4. The molecule has 0 aromatic heterocycles. The largest absolute Gasteiger partial charge is 0.522 e. The Morgan fingerprint density at radius 3 is 1.56 bits per heavy atom. The quantitative estimate of drug-likeness (QED) is 0.701. The lowest BCUT2D eigenvalue weighted by atomic mass is 10.2. The van der Waals surface area contributed by atoms with Crippen LogP contribution in [0.2, 0.25) is 0 Å². The second-order valence-electron chi connectivity index (χ2n) is 3.30. The zero-order chi connectivity index (χ0) is 11.5. The molecule has 0 atom stereocenters. The van der Waals surface area contributed by atoms with Crippen molar-refractivity contribution >= 4 is 12.4 Å². The van der Waals surface area contributed by atoms with Gasteiger partial charge in [-0.2, -0.15) is 0 Å². The summed E-state index contributed by atoms with van der Waals surface area (Å²) >= 11 is 0. The first-order valence-electron chi connectivity index (χ1n) is 4.32. The minimum absolute atomic E-state index is 0. The Labute approximate surface area is 95.1 Å². The van der Waals surface area contributed by atoms with Crippen molar-refractivity contribution in [1.82, 2.24) is 10.6 Å². The third-order valence-corrected chi connectivity index (χ3v) is 1.81. The molecule has 3 nitrogen and oxygen atoms in total. The van der Waals surface area contributed by atoms with Gasteiger partial charge in [0.15, 0.2) is 0 Å². The van der Waals surface area contributed by atoms with Gasteiger partial charge in [0.1, 0.15) is 0 Å². The van der Waals surface area contributed by atoms with E-state index < -0.39 is 18.4 Å². The highest BCUT2D eigenvalue weighted by Crippen LogP contribution is 2.19. The molecule has 0 bridgehead atoms. The van der Waals surface area contributed by atoms with Crippen LogP contribution in [0.25, 0.3) is 0 Å². The van der Waals surface area contributed by atoms with Crippen LogP contribution in [-0.4, -0.2) is 44.6 Å². The third-order valence-electron chi connectivity index (χ3n) is 1.81. The summed E-state index contributed by atoms with van der Waals surface area (Å²) in [6, 6.07) is 0. The molecule has 0 spiro atoms. The lowest BCUT2D eigenvalue weighted by Crippen LogP contribution is -2.52. The monoisotopic (exact) mass is 270 g/mol. The Morgan fingerprint density at radius 1 is 1.06 bits per heavy atom. The minimum Gasteiger partial charge on any atom is -0.311 e. The standard InChI is InChI=1S/C4H6F3NO.C3H5F2N.ClH/c5-4(6,7)9-3-1-8-2-3;4-3(5)1-6-2-3;/h3,8H,1-2H2;6H,1-2H2;1H. The highest BCUT2D eigenvalue weighted by atomic mass is 35.5. The van der Waals surface area contributed by atoms with E-state index in [0.29, 0.717) is 13.1 Å². The molecule has 2 N–H and O–H groups in total.